The number of piperazine rings is 1. The Labute approximate surface area is 123 Å². The minimum atomic E-state index is 0.557. The van der Waals surface area contributed by atoms with Crippen molar-refractivity contribution in [2.45, 2.75) is 51.6 Å². The van der Waals surface area contributed by atoms with E-state index in [4.69, 9.17) is 0 Å². The van der Waals surface area contributed by atoms with Crippen LogP contribution in [0.4, 0.5) is 0 Å². The number of benzene rings is 1. The summed E-state index contributed by atoms with van der Waals surface area (Å²) in [7, 11) is 0. The lowest BCUT2D eigenvalue weighted by atomic mass is 9.97. The van der Waals surface area contributed by atoms with Crippen LogP contribution >= 0.6 is 0 Å². The fourth-order valence-corrected chi connectivity index (χ4v) is 3.46. The summed E-state index contributed by atoms with van der Waals surface area (Å²) in [4.78, 5) is 2.75. The van der Waals surface area contributed by atoms with E-state index in [1.165, 1.54) is 44.3 Å². The zero-order valence-corrected chi connectivity index (χ0v) is 12.9. The molecule has 0 bridgehead atoms. The van der Waals surface area contributed by atoms with Crippen LogP contribution < -0.4 is 5.32 Å². The first-order chi connectivity index (χ1) is 9.70. The number of hydrogen-bond donors (Lipinski definition) is 1. The highest BCUT2D eigenvalue weighted by Crippen LogP contribution is 2.46. The van der Waals surface area contributed by atoms with E-state index in [2.05, 4.69) is 54.4 Å². The minimum absolute atomic E-state index is 0.557. The Kier molecular flexibility index (Phi) is 4.13. The van der Waals surface area contributed by atoms with E-state index < -0.39 is 0 Å². The molecule has 0 spiro atoms. The highest BCUT2D eigenvalue weighted by molar-refractivity contribution is 5.20. The average Bonchev–Trinajstić information content (AvgIpc) is 3.18. The van der Waals surface area contributed by atoms with Crippen molar-refractivity contribution in [2.75, 3.05) is 19.6 Å². The maximum absolute atomic E-state index is 3.76. The Morgan fingerprint density at radius 1 is 1.25 bits per heavy atom. The summed E-state index contributed by atoms with van der Waals surface area (Å²) in [5.41, 5.74) is 2.07. The molecule has 2 unspecified atom stereocenters. The molecule has 0 radical (unpaired) electrons. The Morgan fingerprint density at radius 2 is 2.00 bits per heavy atom. The fraction of sp³-hybridized carbons (Fsp3) is 0.667. The number of nitrogens with zero attached hydrogens (tertiary/aromatic N) is 1. The fourth-order valence-electron chi connectivity index (χ4n) is 3.46. The normalized spacial score (nSPS) is 29.3. The van der Waals surface area contributed by atoms with Gasteiger partial charge in [-0.25, -0.2) is 0 Å². The van der Waals surface area contributed by atoms with Gasteiger partial charge in [0.2, 0.25) is 0 Å². The molecule has 1 aromatic rings. The minimum Gasteiger partial charge on any atom is -0.311 e. The van der Waals surface area contributed by atoms with Crippen LogP contribution in [0.2, 0.25) is 0 Å². The molecule has 2 nitrogen and oxygen atoms in total. The highest BCUT2D eigenvalue weighted by Gasteiger charge is 2.41. The topological polar surface area (TPSA) is 15.3 Å². The van der Waals surface area contributed by atoms with Crippen molar-refractivity contribution in [3.63, 3.8) is 0 Å². The van der Waals surface area contributed by atoms with Crippen LogP contribution in [0.1, 0.15) is 51.1 Å². The van der Waals surface area contributed by atoms with Crippen LogP contribution in [0.15, 0.2) is 30.3 Å². The standard InChI is InChI=1S/C18H28N2/c1-3-7-16-13-20(14-18(2)10-11-18)17(12-19-16)15-8-5-4-6-9-15/h4-6,8-9,16-17,19H,3,7,10-14H2,1-2H3. The smallest absolute Gasteiger partial charge is 0.0473 e. The molecule has 0 aromatic heterocycles. The summed E-state index contributed by atoms with van der Waals surface area (Å²) in [5.74, 6) is 0. The molecule has 1 saturated carbocycles. The Bertz CT molecular complexity index is 424. The predicted molar refractivity (Wildman–Crippen MR) is 84.8 cm³/mol. The lowest BCUT2D eigenvalue weighted by Crippen LogP contribution is -2.53. The maximum Gasteiger partial charge on any atom is 0.0473 e. The third kappa shape index (κ3) is 3.24. The molecule has 1 aliphatic heterocycles. The van der Waals surface area contributed by atoms with Gasteiger partial charge in [-0.3, -0.25) is 4.90 Å². The van der Waals surface area contributed by atoms with Crippen molar-refractivity contribution in [2.24, 2.45) is 5.41 Å². The van der Waals surface area contributed by atoms with Crippen molar-refractivity contribution in [1.29, 1.82) is 0 Å². The van der Waals surface area contributed by atoms with Crippen molar-refractivity contribution in [3.8, 4) is 0 Å². The van der Waals surface area contributed by atoms with Crippen molar-refractivity contribution < 1.29 is 0 Å². The van der Waals surface area contributed by atoms with E-state index in [1.807, 2.05) is 0 Å². The maximum atomic E-state index is 3.76. The number of rotatable bonds is 5. The molecular formula is C18H28N2. The number of nitrogens with one attached hydrogen (secondary N) is 1. The van der Waals surface area contributed by atoms with Gasteiger partial charge in [0.1, 0.15) is 0 Å². The number of hydrogen-bond acceptors (Lipinski definition) is 2. The molecule has 2 heteroatoms. The summed E-state index contributed by atoms with van der Waals surface area (Å²) in [6, 6.07) is 12.3. The van der Waals surface area contributed by atoms with Gasteiger partial charge in [0.25, 0.3) is 0 Å². The molecule has 1 saturated heterocycles. The van der Waals surface area contributed by atoms with Crippen LogP contribution in [-0.4, -0.2) is 30.6 Å². The first kappa shape index (κ1) is 14.1. The first-order valence-electron chi connectivity index (χ1n) is 8.22. The molecule has 1 aliphatic carbocycles. The molecule has 1 heterocycles. The molecular weight excluding hydrogens is 244 g/mol. The van der Waals surface area contributed by atoms with Gasteiger partial charge in [-0.1, -0.05) is 50.6 Å². The van der Waals surface area contributed by atoms with Gasteiger partial charge in [-0.15, -0.1) is 0 Å². The van der Waals surface area contributed by atoms with Crippen LogP contribution in [0.5, 0.6) is 0 Å². The third-order valence-electron chi connectivity index (χ3n) is 5.01. The summed E-state index contributed by atoms with van der Waals surface area (Å²) in [6.07, 6.45) is 5.40. The van der Waals surface area contributed by atoms with Gasteiger partial charge in [0, 0.05) is 31.7 Å². The summed E-state index contributed by atoms with van der Waals surface area (Å²) in [6.45, 7) is 8.33. The van der Waals surface area contributed by atoms with E-state index >= 15 is 0 Å². The summed E-state index contributed by atoms with van der Waals surface area (Å²) < 4.78 is 0. The Morgan fingerprint density at radius 3 is 2.65 bits per heavy atom. The summed E-state index contributed by atoms with van der Waals surface area (Å²) >= 11 is 0. The molecule has 1 aromatic carbocycles. The summed E-state index contributed by atoms with van der Waals surface area (Å²) in [5, 5.41) is 3.76. The second kappa shape index (κ2) is 5.87. The molecule has 0 amide bonds. The van der Waals surface area contributed by atoms with E-state index in [0.29, 0.717) is 17.5 Å². The molecule has 2 fully saturated rings. The molecule has 2 atom stereocenters. The van der Waals surface area contributed by atoms with E-state index in [0.717, 1.165) is 6.54 Å². The molecule has 110 valence electrons. The second-order valence-electron chi connectivity index (χ2n) is 7.06. The van der Waals surface area contributed by atoms with Crippen LogP contribution in [0.3, 0.4) is 0 Å². The van der Waals surface area contributed by atoms with Gasteiger partial charge < -0.3 is 5.32 Å². The first-order valence-corrected chi connectivity index (χ1v) is 8.22. The molecule has 20 heavy (non-hydrogen) atoms. The molecule has 1 N–H and O–H groups in total. The largest absolute Gasteiger partial charge is 0.311 e. The van der Waals surface area contributed by atoms with Gasteiger partial charge in [0.05, 0.1) is 0 Å². The van der Waals surface area contributed by atoms with Gasteiger partial charge >= 0.3 is 0 Å². The van der Waals surface area contributed by atoms with Gasteiger partial charge in [-0.05, 0) is 30.2 Å². The van der Waals surface area contributed by atoms with Gasteiger partial charge in [-0.2, -0.15) is 0 Å². The predicted octanol–water partition coefficient (Wildman–Crippen LogP) is 3.60. The van der Waals surface area contributed by atoms with E-state index in [1.54, 1.807) is 0 Å². The SMILES string of the molecule is CCCC1CN(CC2(C)CC2)C(c2ccccc2)CN1. The molecule has 3 rings (SSSR count). The zero-order valence-electron chi connectivity index (χ0n) is 12.9. The van der Waals surface area contributed by atoms with Gasteiger partial charge in [0.15, 0.2) is 0 Å². The quantitative estimate of drug-likeness (QED) is 0.881. The van der Waals surface area contributed by atoms with Crippen LogP contribution in [0.25, 0.3) is 0 Å². The molecule has 2 aliphatic rings. The Hall–Kier alpha value is -0.860. The van der Waals surface area contributed by atoms with Crippen molar-refractivity contribution in [3.05, 3.63) is 35.9 Å². The monoisotopic (exact) mass is 272 g/mol. The Balaban J connectivity index is 1.73. The lowest BCUT2D eigenvalue weighted by Gasteiger charge is -2.42. The second-order valence-corrected chi connectivity index (χ2v) is 7.06. The van der Waals surface area contributed by atoms with Crippen LogP contribution in [-0.2, 0) is 0 Å². The zero-order chi connectivity index (χ0) is 14.0. The lowest BCUT2D eigenvalue weighted by molar-refractivity contribution is 0.104. The van der Waals surface area contributed by atoms with Crippen LogP contribution in [0, 0.1) is 5.41 Å². The third-order valence-corrected chi connectivity index (χ3v) is 5.01. The van der Waals surface area contributed by atoms with E-state index in [-0.39, 0.29) is 0 Å². The average molecular weight is 272 g/mol. The van der Waals surface area contributed by atoms with Crippen molar-refractivity contribution >= 4 is 0 Å². The van der Waals surface area contributed by atoms with Crippen molar-refractivity contribution in [1.82, 2.24) is 10.2 Å². The highest BCUT2D eigenvalue weighted by atomic mass is 15.2. The van der Waals surface area contributed by atoms with E-state index in [9.17, 15) is 0 Å².